The van der Waals surface area contributed by atoms with E-state index in [9.17, 15) is 0 Å². The summed E-state index contributed by atoms with van der Waals surface area (Å²) in [5, 5.41) is 3.59. The Kier molecular flexibility index (Phi) is 6.65. The summed E-state index contributed by atoms with van der Waals surface area (Å²) in [7, 11) is 6.10. The molecule has 0 amide bonds. The molecule has 2 fully saturated rings. The van der Waals surface area contributed by atoms with Gasteiger partial charge in [-0.3, -0.25) is 4.90 Å². The average Bonchev–Trinajstić information content (AvgIpc) is 3.29. The van der Waals surface area contributed by atoms with Crippen LogP contribution in [0.5, 0.6) is 5.75 Å². The van der Waals surface area contributed by atoms with Crippen LogP contribution < -0.4 is 19.9 Å². The Bertz CT molecular complexity index is 801. The fourth-order valence-corrected chi connectivity index (χ4v) is 4.43. The normalized spacial score (nSPS) is 20.1. The molecule has 0 radical (unpaired) electrons. The summed E-state index contributed by atoms with van der Waals surface area (Å²) >= 11 is 0. The van der Waals surface area contributed by atoms with Crippen LogP contribution in [0.1, 0.15) is 6.42 Å². The van der Waals surface area contributed by atoms with Crippen LogP contribution in [-0.2, 0) is 0 Å². The van der Waals surface area contributed by atoms with Crippen LogP contribution in [-0.4, -0.2) is 83.0 Å². The molecule has 30 heavy (non-hydrogen) atoms. The lowest BCUT2D eigenvalue weighted by Gasteiger charge is -2.36. The first-order chi connectivity index (χ1) is 14.6. The third-order valence-corrected chi connectivity index (χ3v) is 6.43. The molecule has 4 rings (SSSR count). The van der Waals surface area contributed by atoms with Crippen molar-refractivity contribution in [1.29, 1.82) is 0 Å². The SMILES string of the molecule is COc1ccccc1N1CCN(CNc2ccc(N3CCC(N(C)C)C3)cc2)CC1. The number of hydrogen-bond acceptors (Lipinski definition) is 6. The summed E-state index contributed by atoms with van der Waals surface area (Å²) in [5.41, 5.74) is 3.71. The Balaban J connectivity index is 1.24. The predicted octanol–water partition coefficient (Wildman–Crippen LogP) is 3.03. The van der Waals surface area contributed by atoms with Crippen molar-refractivity contribution in [3.8, 4) is 5.75 Å². The third kappa shape index (κ3) is 4.82. The number of ether oxygens (including phenoxy) is 1. The predicted molar refractivity (Wildman–Crippen MR) is 126 cm³/mol. The number of piperazine rings is 1. The molecular weight excluding hydrogens is 374 g/mol. The van der Waals surface area contributed by atoms with Gasteiger partial charge in [-0.25, -0.2) is 0 Å². The number of rotatable bonds is 7. The number of hydrogen-bond donors (Lipinski definition) is 1. The molecule has 2 aliphatic rings. The second kappa shape index (κ2) is 9.58. The zero-order valence-electron chi connectivity index (χ0n) is 18.6. The van der Waals surface area contributed by atoms with Crippen LogP contribution in [0, 0.1) is 0 Å². The molecule has 6 heteroatoms. The van der Waals surface area contributed by atoms with Crippen LogP contribution in [0.3, 0.4) is 0 Å². The van der Waals surface area contributed by atoms with Crippen molar-refractivity contribution in [1.82, 2.24) is 9.80 Å². The molecule has 2 heterocycles. The van der Waals surface area contributed by atoms with Crippen LogP contribution in [0.2, 0.25) is 0 Å². The van der Waals surface area contributed by atoms with E-state index in [4.69, 9.17) is 4.74 Å². The second-order valence-corrected chi connectivity index (χ2v) is 8.51. The van der Waals surface area contributed by atoms with E-state index in [2.05, 4.69) is 75.4 Å². The molecule has 0 bridgehead atoms. The highest BCUT2D eigenvalue weighted by Gasteiger charge is 2.24. The summed E-state index contributed by atoms with van der Waals surface area (Å²) in [5.74, 6) is 0.957. The lowest BCUT2D eigenvalue weighted by atomic mass is 10.2. The lowest BCUT2D eigenvalue weighted by molar-refractivity contribution is 0.274. The molecule has 0 aliphatic carbocycles. The fourth-order valence-electron chi connectivity index (χ4n) is 4.43. The topological polar surface area (TPSA) is 34.2 Å². The molecule has 1 N–H and O–H groups in total. The van der Waals surface area contributed by atoms with E-state index in [-0.39, 0.29) is 0 Å². The van der Waals surface area contributed by atoms with Crippen molar-refractivity contribution >= 4 is 17.1 Å². The third-order valence-electron chi connectivity index (χ3n) is 6.43. The summed E-state index contributed by atoms with van der Waals surface area (Å²) in [6, 6.07) is 17.9. The van der Waals surface area contributed by atoms with Gasteiger partial charge in [0.2, 0.25) is 0 Å². The molecule has 0 saturated carbocycles. The van der Waals surface area contributed by atoms with Crippen LogP contribution >= 0.6 is 0 Å². The quantitative estimate of drug-likeness (QED) is 0.757. The minimum Gasteiger partial charge on any atom is -0.495 e. The first-order valence-electron chi connectivity index (χ1n) is 11.0. The number of para-hydroxylation sites is 2. The van der Waals surface area contributed by atoms with E-state index in [1.807, 2.05) is 12.1 Å². The largest absolute Gasteiger partial charge is 0.495 e. The van der Waals surface area contributed by atoms with Crippen LogP contribution in [0.25, 0.3) is 0 Å². The van der Waals surface area contributed by atoms with Gasteiger partial charge in [0.05, 0.1) is 19.5 Å². The molecule has 6 nitrogen and oxygen atoms in total. The molecule has 1 unspecified atom stereocenters. The Morgan fingerprint density at radius 2 is 1.67 bits per heavy atom. The summed E-state index contributed by atoms with van der Waals surface area (Å²) in [4.78, 5) is 9.72. The van der Waals surface area contributed by atoms with Gasteiger partial charge in [0.25, 0.3) is 0 Å². The maximum Gasteiger partial charge on any atom is 0.142 e. The number of likely N-dealkylation sites (N-methyl/N-ethyl adjacent to an activating group) is 1. The Labute approximate surface area is 181 Å². The average molecular weight is 410 g/mol. The van der Waals surface area contributed by atoms with Gasteiger partial charge in [-0.1, -0.05) is 12.1 Å². The monoisotopic (exact) mass is 409 g/mol. The van der Waals surface area contributed by atoms with Gasteiger partial charge in [0.1, 0.15) is 5.75 Å². The maximum atomic E-state index is 5.52. The second-order valence-electron chi connectivity index (χ2n) is 8.51. The van der Waals surface area contributed by atoms with Crippen molar-refractivity contribution in [2.75, 3.05) is 82.3 Å². The van der Waals surface area contributed by atoms with E-state index in [0.717, 1.165) is 51.7 Å². The molecule has 2 aromatic carbocycles. The van der Waals surface area contributed by atoms with Gasteiger partial charge in [-0.05, 0) is 56.9 Å². The first kappa shape index (κ1) is 20.8. The van der Waals surface area contributed by atoms with Gasteiger partial charge in [0, 0.05) is 56.7 Å². The summed E-state index contributed by atoms with van der Waals surface area (Å²) < 4.78 is 5.52. The van der Waals surface area contributed by atoms with Gasteiger partial charge in [0.15, 0.2) is 0 Å². The summed E-state index contributed by atoms with van der Waals surface area (Å²) in [6.07, 6.45) is 1.24. The number of nitrogens with one attached hydrogen (secondary N) is 1. The van der Waals surface area contributed by atoms with Gasteiger partial charge >= 0.3 is 0 Å². The minimum absolute atomic E-state index is 0.664. The molecule has 2 saturated heterocycles. The highest BCUT2D eigenvalue weighted by atomic mass is 16.5. The Hall–Kier alpha value is -2.44. The summed E-state index contributed by atoms with van der Waals surface area (Å²) in [6.45, 7) is 7.27. The number of anilines is 3. The Morgan fingerprint density at radius 3 is 2.33 bits per heavy atom. The highest BCUT2D eigenvalue weighted by Crippen LogP contribution is 2.28. The smallest absolute Gasteiger partial charge is 0.142 e. The van der Waals surface area contributed by atoms with Crippen molar-refractivity contribution in [2.24, 2.45) is 0 Å². The van der Waals surface area contributed by atoms with Crippen LogP contribution in [0.15, 0.2) is 48.5 Å². The van der Waals surface area contributed by atoms with E-state index in [1.165, 1.54) is 23.5 Å². The number of methoxy groups -OCH3 is 1. The van der Waals surface area contributed by atoms with E-state index >= 15 is 0 Å². The molecule has 1 atom stereocenters. The van der Waals surface area contributed by atoms with Gasteiger partial charge < -0.3 is 24.8 Å². The van der Waals surface area contributed by atoms with Gasteiger partial charge in [-0.15, -0.1) is 0 Å². The molecule has 0 spiro atoms. The minimum atomic E-state index is 0.664. The molecular formula is C24H35N5O. The zero-order chi connectivity index (χ0) is 20.9. The van der Waals surface area contributed by atoms with E-state index in [0.29, 0.717) is 6.04 Å². The van der Waals surface area contributed by atoms with Crippen molar-refractivity contribution in [3.63, 3.8) is 0 Å². The molecule has 2 aromatic rings. The number of nitrogens with zero attached hydrogens (tertiary/aromatic N) is 4. The lowest BCUT2D eigenvalue weighted by Crippen LogP contribution is -2.48. The first-order valence-corrected chi connectivity index (χ1v) is 11.0. The van der Waals surface area contributed by atoms with Crippen molar-refractivity contribution in [2.45, 2.75) is 12.5 Å². The van der Waals surface area contributed by atoms with Crippen molar-refractivity contribution in [3.05, 3.63) is 48.5 Å². The zero-order valence-corrected chi connectivity index (χ0v) is 18.6. The van der Waals surface area contributed by atoms with E-state index in [1.54, 1.807) is 7.11 Å². The number of benzene rings is 2. The Morgan fingerprint density at radius 1 is 0.933 bits per heavy atom. The standard InChI is InChI=1S/C24H35N5O/c1-26(2)22-12-13-29(18-22)21-10-8-20(9-11-21)25-19-27-14-16-28(17-15-27)23-6-4-5-7-24(23)30-3/h4-11,22,25H,12-19H2,1-3H3. The molecule has 0 aromatic heterocycles. The molecule has 162 valence electrons. The molecule has 2 aliphatic heterocycles. The maximum absolute atomic E-state index is 5.52. The van der Waals surface area contributed by atoms with E-state index < -0.39 is 0 Å². The van der Waals surface area contributed by atoms with Crippen molar-refractivity contribution < 1.29 is 4.74 Å². The fraction of sp³-hybridized carbons (Fsp3) is 0.500. The highest BCUT2D eigenvalue weighted by molar-refractivity contribution is 5.59. The van der Waals surface area contributed by atoms with Gasteiger partial charge in [-0.2, -0.15) is 0 Å². The van der Waals surface area contributed by atoms with Crippen LogP contribution in [0.4, 0.5) is 17.1 Å².